The van der Waals surface area contributed by atoms with Crippen molar-refractivity contribution in [3.05, 3.63) is 23.8 Å². The Bertz CT molecular complexity index is 646. The standard InChI is InChI=1S/C14H18N2O3S/c1-10-4-6-16(7-5-10)20(18,19)12-2-3-13-11(8-12)9-14(17)15-13/h2-3,8,10H,4-7,9H2,1H3,(H,15,17). The lowest BCUT2D eigenvalue weighted by atomic mass is 10.0. The third-order valence-corrected chi connectivity index (χ3v) is 5.98. The Morgan fingerprint density at radius 3 is 2.65 bits per heavy atom. The fourth-order valence-electron chi connectivity index (χ4n) is 2.74. The third kappa shape index (κ3) is 2.33. The van der Waals surface area contributed by atoms with Gasteiger partial charge in [-0.2, -0.15) is 4.31 Å². The Morgan fingerprint density at radius 1 is 1.25 bits per heavy atom. The second-order valence-electron chi connectivity index (χ2n) is 5.63. The first-order chi connectivity index (χ1) is 9.46. The summed E-state index contributed by atoms with van der Waals surface area (Å²) in [5.41, 5.74) is 1.49. The van der Waals surface area contributed by atoms with E-state index in [2.05, 4.69) is 12.2 Å². The van der Waals surface area contributed by atoms with E-state index in [4.69, 9.17) is 0 Å². The highest BCUT2D eigenvalue weighted by Crippen LogP contribution is 2.29. The van der Waals surface area contributed by atoms with Crippen LogP contribution in [0.5, 0.6) is 0 Å². The summed E-state index contributed by atoms with van der Waals surface area (Å²) in [5.74, 6) is 0.504. The fraction of sp³-hybridized carbons (Fsp3) is 0.500. The third-order valence-electron chi connectivity index (χ3n) is 4.08. The minimum atomic E-state index is -3.43. The SMILES string of the molecule is CC1CCN(S(=O)(=O)c2ccc3c(c2)CC(=O)N3)CC1. The number of amides is 1. The number of carbonyl (C=O) groups excluding carboxylic acids is 1. The number of anilines is 1. The fourth-order valence-corrected chi connectivity index (χ4v) is 4.26. The molecule has 0 atom stereocenters. The summed E-state index contributed by atoms with van der Waals surface area (Å²) in [6, 6.07) is 4.89. The lowest BCUT2D eigenvalue weighted by molar-refractivity contribution is -0.115. The van der Waals surface area contributed by atoms with Gasteiger partial charge in [0, 0.05) is 18.8 Å². The number of hydrogen-bond donors (Lipinski definition) is 1. The number of nitrogens with one attached hydrogen (secondary N) is 1. The Kier molecular flexibility index (Phi) is 3.30. The summed E-state index contributed by atoms with van der Waals surface area (Å²) in [5, 5.41) is 2.71. The van der Waals surface area contributed by atoms with Crippen molar-refractivity contribution in [2.24, 2.45) is 5.92 Å². The van der Waals surface area contributed by atoms with Crippen molar-refractivity contribution in [3.63, 3.8) is 0 Å². The minimum absolute atomic E-state index is 0.0821. The van der Waals surface area contributed by atoms with Crippen LogP contribution in [0.1, 0.15) is 25.3 Å². The van der Waals surface area contributed by atoms with Gasteiger partial charge in [-0.1, -0.05) is 6.92 Å². The summed E-state index contributed by atoms with van der Waals surface area (Å²) in [4.78, 5) is 11.6. The molecular weight excluding hydrogens is 276 g/mol. The van der Waals surface area contributed by atoms with Crippen LogP contribution in [0, 0.1) is 5.92 Å². The molecule has 1 fully saturated rings. The maximum atomic E-state index is 12.6. The number of benzene rings is 1. The number of hydrogen-bond acceptors (Lipinski definition) is 3. The van der Waals surface area contributed by atoms with Crippen LogP contribution in [0.15, 0.2) is 23.1 Å². The van der Waals surface area contributed by atoms with Crippen molar-refractivity contribution in [2.75, 3.05) is 18.4 Å². The molecule has 2 aliphatic heterocycles. The van der Waals surface area contributed by atoms with Crippen LogP contribution in [0.4, 0.5) is 5.69 Å². The number of nitrogens with zero attached hydrogens (tertiary/aromatic N) is 1. The van der Waals surface area contributed by atoms with Crippen molar-refractivity contribution in [1.29, 1.82) is 0 Å². The second-order valence-corrected chi connectivity index (χ2v) is 7.57. The number of piperidine rings is 1. The van der Waals surface area contributed by atoms with Crippen LogP contribution in [0.2, 0.25) is 0 Å². The molecule has 0 saturated carbocycles. The molecule has 6 heteroatoms. The van der Waals surface area contributed by atoms with E-state index in [1.54, 1.807) is 22.5 Å². The molecule has 20 heavy (non-hydrogen) atoms. The minimum Gasteiger partial charge on any atom is -0.326 e. The average molecular weight is 294 g/mol. The molecule has 2 aliphatic rings. The highest BCUT2D eigenvalue weighted by Gasteiger charge is 2.29. The van der Waals surface area contributed by atoms with Crippen LogP contribution >= 0.6 is 0 Å². The van der Waals surface area contributed by atoms with Gasteiger partial charge in [0.2, 0.25) is 15.9 Å². The Hall–Kier alpha value is -1.40. The molecule has 0 spiro atoms. The highest BCUT2D eigenvalue weighted by atomic mass is 32.2. The van der Waals surface area contributed by atoms with Gasteiger partial charge in [0.25, 0.3) is 0 Å². The molecule has 0 aliphatic carbocycles. The largest absolute Gasteiger partial charge is 0.326 e. The molecule has 0 bridgehead atoms. The van der Waals surface area contributed by atoms with Crippen LogP contribution in [0.25, 0.3) is 0 Å². The zero-order chi connectivity index (χ0) is 14.3. The second kappa shape index (κ2) is 4.86. The van der Waals surface area contributed by atoms with Crippen LogP contribution in [-0.4, -0.2) is 31.7 Å². The van der Waals surface area contributed by atoms with Gasteiger partial charge < -0.3 is 5.32 Å². The van der Waals surface area contributed by atoms with E-state index in [0.717, 1.165) is 24.1 Å². The topological polar surface area (TPSA) is 66.5 Å². The molecule has 0 radical (unpaired) electrons. The number of carbonyl (C=O) groups is 1. The van der Waals surface area contributed by atoms with E-state index in [0.29, 0.717) is 23.9 Å². The molecule has 1 aromatic carbocycles. The molecule has 3 rings (SSSR count). The molecule has 1 amide bonds. The summed E-state index contributed by atoms with van der Waals surface area (Å²) >= 11 is 0. The van der Waals surface area contributed by atoms with Gasteiger partial charge in [-0.3, -0.25) is 4.79 Å². The zero-order valence-corrected chi connectivity index (χ0v) is 12.2. The van der Waals surface area contributed by atoms with Gasteiger partial charge in [0.1, 0.15) is 0 Å². The molecule has 0 unspecified atom stereocenters. The molecular formula is C14H18N2O3S. The smallest absolute Gasteiger partial charge is 0.243 e. The molecule has 1 saturated heterocycles. The summed E-state index contributed by atoms with van der Waals surface area (Å²) < 4.78 is 26.7. The van der Waals surface area contributed by atoms with E-state index >= 15 is 0 Å². The number of rotatable bonds is 2. The summed E-state index contributed by atoms with van der Waals surface area (Å²) in [7, 11) is -3.43. The van der Waals surface area contributed by atoms with Gasteiger partial charge in [0.05, 0.1) is 11.3 Å². The van der Waals surface area contributed by atoms with Crippen molar-refractivity contribution in [1.82, 2.24) is 4.31 Å². The van der Waals surface area contributed by atoms with E-state index in [-0.39, 0.29) is 12.3 Å². The van der Waals surface area contributed by atoms with Gasteiger partial charge in [-0.15, -0.1) is 0 Å². The Balaban J connectivity index is 1.89. The average Bonchev–Trinajstić information content (AvgIpc) is 2.78. The van der Waals surface area contributed by atoms with E-state index < -0.39 is 10.0 Å². The van der Waals surface area contributed by atoms with Crippen molar-refractivity contribution in [2.45, 2.75) is 31.1 Å². The Labute approximate surface area is 119 Å². The maximum Gasteiger partial charge on any atom is 0.243 e. The quantitative estimate of drug-likeness (QED) is 0.901. The molecule has 0 aromatic heterocycles. The number of sulfonamides is 1. The summed E-state index contributed by atoms with van der Waals surface area (Å²) in [6.45, 7) is 3.31. The number of fused-ring (bicyclic) bond motifs is 1. The maximum absolute atomic E-state index is 12.6. The van der Waals surface area contributed by atoms with E-state index in [9.17, 15) is 13.2 Å². The predicted octanol–water partition coefficient (Wildman–Crippen LogP) is 1.60. The van der Waals surface area contributed by atoms with Crippen molar-refractivity contribution >= 4 is 21.6 Å². The molecule has 108 valence electrons. The highest BCUT2D eigenvalue weighted by molar-refractivity contribution is 7.89. The Morgan fingerprint density at radius 2 is 1.95 bits per heavy atom. The van der Waals surface area contributed by atoms with Gasteiger partial charge in [-0.25, -0.2) is 8.42 Å². The summed E-state index contributed by atoms with van der Waals surface area (Å²) in [6.07, 6.45) is 2.07. The first-order valence-electron chi connectivity index (χ1n) is 6.90. The van der Waals surface area contributed by atoms with Crippen LogP contribution in [0.3, 0.4) is 0 Å². The van der Waals surface area contributed by atoms with Gasteiger partial charge >= 0.3 is 0 Å². The predicted molar refractivity (Wildman–Crippen MR) is 75.9 cm³/mol. The van der Waals surface area contributed by atoms with Crippen molar-refractivity contribution < 1.29 is 13.2 Å². The van der Waals surface area contributed by atoms with E-state index in [1.807, 2.05) is 0 Å². The lowest BCUT2D eigenvalue weighted by Gasteiger charge is -2.29. The monoisotopic (exact) mass is 294 g/mol. The van der Waals surface area contributed by atoms with Gasteiger partial charge in [0.15, 0.2) is 0 Å². The molecule has 2 heterocycles. The molecule has 5 nitrogen and oxygen atoms in total. The molecule has 1 aromatic rings. The lowest BCUT2D eigenvalue weighted by Crippen LogP contribution is -2.37. The van der Waals surface area contributed by atoms with E-state index in [1.165, 1.54) is 0 Å². The normalized spacial score (nSPS) is 20.8. The zero-order valence-electron chi connectivity index (χ0n) is 11.4. The molecule has 1 N–H and O–H groups in total. The van der Waals surface area contributed by atoms with Crippen molar-refractivity contribution in [3.8, 4) is 0 Å². The van der Waals surface area contributed by atoms with Gasteiger partial charge in [-0.05, 0) is 42.5 Å². The van der Waals surface area contributed by atoms with Crippen LogP contribution < -0.4 is 5.32 Å². The first-order valence-corrected chi connectivity index (χ1v) is 8.34. The van der Waals surface area contributed by atoms with Crippen LogP contribution in [-0.2, 0) is 21.2 Å². The first kappa shape index (κ1) is 13.6.